The van der Waals surface area contributed by atoms with Gasteiger partial charge in [0.2, 0.25) is 0 Å². The molecule has 0 amide bonds. The van der Waals surface area contributed by atoms with Crippen LogP contribution in [0.1, 0.15) is 27.8 Å². The number of hydrogen-bond donors (Lipinski definition) is 0. The van der Waals surface area contributed by atoms with Gasteiger partial charge in [-0.05, 0) is 23.4 Å². The van der Waals surface area contributed by atoms with Gasteiger partial charge in [0.15, 0.2) is 0 Å². The van der Waals surface area contributed by atoms with Gasteiger partial charge >= 0.3 is 0 Å². The summed E-state index contributed by atoms with van der Waals surface area (Å²) >= 11 is 4.72. The summed E-state index contributed by atoms with van der Waals surface area (Å²) in [6.07, 6.45) is 0.783. The van der Waals surface area contributed by atoms with Crippen LogP contribution in [0.2, 0.25) is 0 Å². The molecule has 1 atom stereocenters. The van der Waals surface area contributed by atoms with Crippen LogP contribution in [-0.4, -0.2) is 0 Å². The van der Waals surface area contributed by atoms with Gasteiger partial charge in [0, 0.05) is 22.6 Å². The number of hydrogen-bond acceptors (Lipinski definition) is 1. The molecule has 2 aromatic rings. The fraction of sp³-hybridized carbons (Fsp3) is 0.231. The van der Waals surface area contributed by atoms with Crippen molar-refractivity contribution in [2.45, 2.75) is 18.2 Å². The highest BCUT2D eigenvalue weighted by molar-refractivity contribution is 9.09. The molecule has 18 heavy (non-hydrogen) atoms. The third-order valence-electron chi connectivity index (χ3n) is 2.69. The molecule has 5 heteroatoms. The zero-order valence-electron chi connectivity index (χ0n) is 9.51. The number of benzene rings is 1. The van der Waals surface area contributed by atoms with Crippen molar-refractivity contribution in [3.63, 3.8) is 0 Å². The molecule has 1 aromatic carbocycles. The second-order valence-electron chi connectivity index (χ2n) is 3.81. The summed E-state index contributed by atoms with van der Waals surface area (Å²) in [4.78, 5) is 0.259. The van der Waals surface area contributed by atoms with Gasteiger partial charge < -0.3 is 0 Å². The lowest BCUT2D eigenvalue weighted by atomic mass is 10.1. The maximum atomic E-state index is 13.7. The van der Waals surface area contributed by atoms with E-state index in [1.54, 1.807) is 0 Å². The monoisotopic (exact) mass is 334 g/mol. The summed E-state index contributed by atoms with van der Waals surface area (Å²) in [6, 6.07) is 3.32. The first kappa shape index (κ1) is 13.6. The molecule has 0 saturated heterocycles. The standard InChI is InChI=1S/C13H10BrF3S/c1-2-7-3-4-18-13(7)12(14)11-9(16)5-8(15)6-10(11)17/h3-6,12H,2H2,1H3. The Morgan fingerprint density at radius 3 is 2.39 bits per heavy atom. The molecule has 96 valence electrons. The Balaban J connectivity index is 2.49. The first-order valence-electron chi connectivity index (χ1n) is 5.39. The van der Waals surface area contributed by atoms with Gasteiger partial charge in [-0.1, -0.05) is 22.9 Å². The predicted octanol–water partition coefficient (Wildman–Crippen LogP) is 5.21. The largest absolute Gasteiger partial charge is 0.207 e. The summed E-state index contributed by atoms with van der Waals surface area (Å²) in [6.45, 7) is 1.97. The maximum absolute atomic E-state index is 13.7. The molecular formula is C13H10BrF3S. The zero-order chi connectivity index (χ0) is 13.3. The maximum Gasteiger partial charge on any atom is 0.133 e. The highest BCUT2D eigenvalue weighted by Gasteiger charge is 2.23. The van der Waals surface area contributed by atoms with Crippen molar-refractivity contribution in [1.82, 2.24) is 0 Å². The summed E-state index contributed by atoms with van der Waals surface area (Å²) in [5.74, 6) is -2.65. The van der Waals surface area contributed by atoms with Gasteiger partial charge in [-0.25, -0.2) is 13.2 Å². The molecule has 1 unspecified atom stereocenters. The molecule has 0 radical (unpaired) electrons. The van der Waals surface area contributed by atoms with Crippen LogP contribution in [-0.2, 0) is 6.42 Å². The fourth-order valence-electron chi connectivity index (χ4n) is 1.79. The van der Waals surface area contributed by atoms with E-state index in [2.05, 4.69) is 15.9 Å². The van der Waals surface area contributed by atoms with Gasteiger partial charge in [-0.2, -0.15) is 0 Å². The number of thiophene rings is 1. The topological polar surface area (TPSA) is 0 Å². The van der Waals surface area contributed by atoms with Gasteiger partial charge in [-0.15, -0.1) is 11.3 Å². The van der Waals surface area contributed by atoms with Crippen LogP contribution in [0.5, 0.6) is 0 Å². The quantitative estimate of drug-likeness (QED) is 0.675. The van der Waals surface area contributed by atoms with Crippen LogP contribution in [0.3, 0.4) is 0 Å². The van der Waals surface area contributed by atoms with Crippen molar-refractivity contribution in [3.8, 4) is 0 Å². The Kier molecular flexibility index (Phi) is 4.12. The average Bonchev–Trinajstić information content (AvgIpc) is 2.75. The van der Waals surface area contributed by atoms with E-state index in [0.717, 1.165) is 16.9 Å². The first-order chi connectivity index (χ1) is 8.54. The minimum absolute atomic E-state index is 0.145. The lowest BCUT2D eigenvalue weighted by Gasteiger charge is -2.13. The molecule has 0 spiro atoms. The van der Waals surface area contributed by atoms with Crippen molar-refractivity contribution in [2.24, 2.45) is 0 Å². The van der Waals surface area contributed by atoms with Crippen molar-refractivity contribution < 1.29 is 13.2 Å². The lowest BCUT2D eigenvalue weighted by Crippen LogP contribution is -2.02. The minimum Gasteiger partial charge on any atom is -0.207 e. The third kappa shape index (κ3) is 2.47. The molecule has 0 aliphatic rings. The van der Waals surface area contributed by atoms with Crippen molar-refractivity contribution in [3.05, 3.63) is 57.0 Å². The Labute approximate surface area is 116 Å². The molecular weight excluding hydrogens is 325 g/mol. The summed E-state index contributed by atoms with van der Waals surface area (Å²) in [7, 11) is 0. The first-order valence-corrected chi connectivity index (χ1v) is 7.19. The zero-order valence-corrected chi connectivity index (χ0v) is 11.9. The van der Waals surface area contributed by atoms with Gasteiger partial charge in [0.05, 0.1) is 4.83 Å². The summed E-state index contributed by atoms with van der Waals surface area (Å²) in [5.41, 5.74) is 0.888. The number of aryl methyl sites for hydroxylation is 1. The molecule has 0 nitrogen and oxygen atoms in total. The molecule has 1 heterocycles. The molecule has 2 rings (SSSR count). The number of halogens is 4. The number of alkyl halides is 1. The van der Waals surface area contributed by atoms with E-state index in [1.165, 1.54) is 11.3 Å². The van der Waals surface area contributed by atoms with Gasteiger partial charge in [-0.3, -0.25) is 0 Å². The van der Waals surface area contributed by atoms with Crippen LogP contribution >= 0.6 is 27.3 Å². The molecule has 0 saturated carbocycles. The van der Waals surface area contributed by atoms with E-state index < -0.39 is 22.3 Å². The third-order valence-corrected chi connectivity index (χ3v) is 4.93. The molecule has 1 aromatic heterocycles. The Morgan fingerprint density at radius 2 is 1.83 bits per heavy atom. The Bertz CT molecular complexity index is 542. The molecule has 0 N–H and O–H groups in total. The van der Waals surface area contributed by atoms with E-state index in [9.17, 15) is 13.2 Å². The lowest BCUT2D eigenvalue weighted by molar-refractivity contribution is 0.527. The number of rotatable bonds is 3. The summed E-state index contributed by atoms with van der Waals surface area (Å²) < 4.78 is 40.2. The van der Waals surface area contributed by atoms with Crippen molar-refractivity contribution in [2.75, 3.05) is 0 Å². The Morgan fingerprint density at radius 1 is 1.22 bits per heavy atom. The van der Waals surface area contributed by atoms with E-state index >= 15 is 0 Å². The smallest absolute Gasteiger partial charge is 0.133 e. The van der Waals surface area contributed by atoms with Crippen LogP contribution in [0.25, 0.3) is 0 Å². The van der Waals surface area contributed by atoms with E-state index in [4.69, 9.17) is 0 Å². The highest BCUT2D eigenvalue weighted by atomic mass is 79.9. The summed E-state index contributed by atoms with van der Waals surface area (Å²) in [5, 5.41) is 1.88. The molecule has 0 bridgehead atoms. The molecule has 0 aliphatic heterocycles. The minimum atomic E-state index is -0.907. The van der Waals surface area contributed by atoms with Gasteiger partial charge in [0.1, 0.15) is 17.5 Å². The second kappa shape index (κ2) is 5.45. The average molecular weight is 335 g/mol. The highest BCUT2D eigenvalue weighted by Crippen LogP contribution is 2.39. The SMILES string of the molecule is CCc1ccsc1C(Br)c1c(F)cc(F)cc1F. The normalized spacial score (nSPS) is 12.7. The fourth-order valence-corrected chi connectivity index (χ4v) is 3.82. The van der Waals surface area contributed by atoms with Crippen molar-refractivity contribution in [1.29, 1.82) is 0 Å². The van der Waals surface area contributed by atoms with Crippen LogP contribution in [0, 0.1) is 17.5 Å². The van der Waals surface area contributed by atoms with Gasteiger partial charge in [0.25, 0.3) is 0 Å². The molecule has 0 fully saturated rings. The second-order valence-corrected chi connectivity index (χ2v) is 5.67. The van der Waals surface area contributed by atoms with E-state index in [-0.39, 0.29) is 5.56 Å². The van der Waals surface area contributed by atoms with Crippen LogP contribution in [0.4, 0.5) is 13.2 Å². The molecule has 0 aliphatic carbocycles. The van der Waals surface area contributed by atoms with Crippen LogP contribution < -0.4 is 0 Å². The van der Waals surface area contributed by atoms with Crippen LogP contribution in [0.15, 0.2) is 23.6 Å². The Hall–Kier alpha value is -0.810. The van der Waals surface area contributed by atoms with E-state index in [1.807, 2.05) is 18.4 Å². The van der Waals surface area contributed by atoms with Crippen molar-refractivity contribution >= 4 is 27.3 Å². The van der Waals surface area contributed by atoms with E-state index in [0.29, 0.717) is 12.1 Å². The predicted molar refractivity (Wildman–Crippen MR) is 70.8 cm³/mol.